The summed E-state index contributed by atoms with van der Waals surface area (Å²) >= 11 is 0. The van der Waals surface area contributed by atoms with Gasteiger partial charge in [0, 0.05) is 5.56 Å². The summed E-state index contributed by atoms with van der Waals surface area (Å²) in [4.78, 5) is 23.1. The van der Waals surface area contributed by atoms with Gasteiger partial charge in [-0.3, -0.25) is 4.79 Å². The fourth-order valence-electron chi connectivity index (χ4n) is 1.89. The van der Waals surface area contributed by atoms with E-state index in [1.807, 2.05) is 12.1 Å². The highest BCUT2D eigenvalue weighted by molar-refractivity contribution is 6.09. The number of amides is 1. The minimum Gasteiger partial charge on any atom is -0.496 e. The molecule has 1 aromatic carbocycles. The number of benzene rings is 1. The molecule has 0 radical (unpaired) electrons. The SMILES string of the molecule is COC(=O)C1=C(c2ccccc2OC)NC(=O)C1. The van der Waals surface area contributed by atoms with Gasteiger partial charge in [0.05, 0.1) is 31.9 Å². The van der Waals surface area contributed by atoms with E-state index in [-0.39, 0.29) is 12.3 Å². The highest BCUT2D eigenvalue weighted by atomic mass is 16.5. The van der Waals surface area contributed by atoms with Crippen LogP contribution in [0.5, 0.6) is 5.75 Å². The van der Waals surface area contributed by atoms with Crippen LogP contribution in [0.3, 0.4) is 0 Å². The molecule has 0 spiro atoms. The molecule has 2 rings (SSSR count). The zero-order chi connectivity index (χ0) is 13.1. The normalized spacial score (nSPS) is 14.4. The number of carbonyl (C=O) groups is 2. The van der Waals surface area contributed by atoms with Crippen molar-refractivity contribution in [2.75, 3.05) is 14.2 Å². The molecular formula is C13H13NO4. The van der Waals surface area contributed by atoms with E-state index in [4.69, 9.17) is 4.74 Å². The van der Waals surface area contributed by atoms with Crippen molar-refractivity contribution < 1.29 is 19.1 Å². The third-order valence-corrected chi connectivity index (χ3v) is 2.71. The molecule has 5 heteroatoms. The largest absolute Gasteiger partial charge is 0.496 e. The summed E-state index contributed by atoms with van der Waals surface area (Å²) in [6.45, 7) is 0. The lowest BCUT2D eigenvalue weighted by Gasteiger charge is -2.10. The molecule has 0 bridgehead atoms. The van der Waals surface area contributed by atoms with E-state index >= 15 is 0 Å². The Morgan fingerprint density at radius 1 is 1.28 bits per heavy atom. The van der Waals surface area contributed by atoms with Gasteiger partial charge in [-0.25, -0.2) is 4.79 Å². The lowest BCUT2D eigenvalue weighted by Crippen LogP contribution is -2.14. The molecule has 1 heterocycles. The zero-order valence-corrected chi connectivity index (χ0v) is 10.1. The first-order valence-electron chi connectivity index (χ1n) is 5.42. The maximum atomic E-state index is 11.6. The molecule has 5 nitrogen and oxygen atoms in total. The summed E-state index contributed by atoms with van der Waals surface area (Å²) in [5.74, 6) is -0.137. The van der Waals surface area contributed by atoms with Crippen molar-refractivity contribution in [3.05, 3.63) is 35.4 Å². The predicted octanol–water partition coefficient (Wildman–Crippen LogP) is 1.10. The molecular weight excluding hydrogens is 234 g/mol. The molecule has 0 saturated carbocycles. The Balaban J connectivity index is 2.52. The smallest absolute Gasteiger partial charge is 0.336 e. The van der Waals surface area contributed by atoms with Crippen LogP contribution in [0.25, 0.3) is 5.70 Å². The second-order valence-corrected chi connectivity index (χ2v) is 3.77. The van der Waals surface area contributed by atoms with Crippen LogP contribution < -0.4 is 10.1 Å². The lowest BCUT2D eigenvalue weighted by atomic mass is 10.1. The van der Waals surface area contributed by atoms with Crippen LogP contribution in [0.1, 0.15) is 12.0 Å². The quantitative estimate of drug-likeness (QED) is 0.812. The van der Waals surface area contributed by atoms with Gasteiger partial charge in [-0.05, 0) is 12.1 Å². The fraction of sp³-hybridized carbons (Fsp3) is 0.231. The minimum absolute atomic E-state index is 0.0278. The number of ether oxygens (including phenoxy) is 2. The third-order valence-electron chi connectivity index (χ3n) is 2.71. The molecule has 1 aliphatic rings. The second kappa shape index (κ2) is 4.91. The van der Waals surface area contributed by atoms with E-state index < -0.39 is 5.97 Å². The molecule has 1 aromatic rings. The van der Waals surface area contributed by atoms with Gasteiger partial charge in [-0.1, -0.05) is 12.1 Å². The van der Waals surface area contributed by atoms with E-state index in [2.05, 4.69) is 10.1 Å². The van der Waals surface area contributed by atoms with Gasteiger partial charge in [0.25, 0.3) is 0 Å². The molecule has 1 aliphatic heterocycles. The Morgan fingerprint density at radius 2 is 2.00 bits per heavy atom. The van der Waals surface area contributed by atoms with Gasteiger partial charge in [-0.2, -0.15) is 0 Å². The van der Waals surface area contributed by atoms with Gasteiger partial charge in [0.15, 0.2) is 0 Å². The van der Waals surface area contributed by atoms with Crippen molar-refractivity contribution in [3.63, 3.8) is 0 Å². The average molecular weight is 247 g/mol. The summed E-state index contributed by atoms with van der Waals surface area (Å²) < 4.78 is 9.89. The van der Waals surface area contributed by atoms with E-state index in [9.17, 15) is 9.59 Å². The van der Waals surface area contributed by atoms with Crippen LogP contribution >= 0.6 is 0 Å². The number of nitrogens with one attached hydrogen (secondary N) is 1. The number of hydrogen-bond acceptors (Lipinski definition) is 4. The molecule has 18 heavy (non-hydrogen) atoms. The summed E-state index contributed by atoms with van der Waals surface area (Å²) in [5.41, 5.74) is 1.46. The Hall–Kier alpha value is -2.30. The van der Waals surface area contributed by atoms with Crippen LogP contribution in [-0.2, 0) is 14.3 Å². The van der Waals surface area contributed by atoms with E-state index in [1.165, 1.54) is 14.2 Å². The van der Waals surface area contributed by atoms with Gasteiger partial charge in [-0.15, -0.1) is 0 Å². The molecule has 1 N–H and O–H groups in total. The maximum absolute atomic E-state index is 11.6. The molecule has 0 unspecified atom stereocenters. The number of methoxy groups -OCH3 is 2. The van der Waals surface area contributed by atoms with Gasteiger partial charge < -0.3 is 14.8 Å². The number of rotatable bonds is 3. The number of hydrogen-bond donors (Lipinski definition) is 1. The average Bonchev–Trinajstić information content (AvgIpc) is 2.79. The monoisotopic (exact) mass is 247 g/mol. The van der Waals surface area contributed by atoms with Gasteiger partial charge in [0.1, 0.15) is 5.75 Å². The highest BCUT2D eigenvalue weighted by Crippen LogP contribution is 2.31. The topological polar surface area (TPSA) is 64.6 Å². The Kier molecular flexibility index (Phi) is 3.32. The van der Waals surface area contributed by atoms with Crippen LogP contribution in [-0.4, -0.2) is 26.1 Å². The summed E-state index contributed by atoms with van der Waals surface area (Å²) in [6, 6.07) is 7.17. The maximum Gasteiger partial charge on any atom is 0.336 e. The van der Waals surface area contributed by atoms with E-state index in [0.29, 0.717) is 22.6 Å². The van der Waals surface area contributed by atoms with E-state index in [0.717, 1.165) is 0 Å². The van der Waals surface area contributed by atoms with Crippen molar-refractivity contribution in [2.45, 2.75) is 6.42 Å². The van der Waals surface area contributed by atoms with Crippen LogP contribution in [0.2, 0.25) is 0 Å². The summed E-state index contributed by atoms with van der Waals surface area (Å²) in [7, 11) is 2.83. The molecule has 0 aliphatic carbocycles. The van der Waals surface area contributed by atoms with Crippen molar-refractivity contribution in [1.82, 2.24) is 5.32 Å². The molecule has 0 saturated heterocycles. The Morgan fingerprint density at radius 3 is 2.67 bits per heavy atom. The summed E-state index contributed by atoms with van der Waals surface area (Å²) in [5, 5.41) is 2.67. The predicted molar refractivity (Wildman–Crippen MR) is 64.7 cm³/mol. The van der Waals surface area contributed by atoms with Crippen molar-refractivity contribution in [1.29, 1.82) is 0 Å². The van der Waals surface area contributed by atoms with E-state index in [1.54, 1.807) is 12.1 Å². The standard InChI is InChI=1S/C13H13NO4/c1-17-10-6-4-3-5-8(10)12-9(13(16)18-2)7-11(15)14-12/h3-6H,7H2,1-2H3,(H,14,15). The third kappa shape index (κ3) is 2.07. The number of para-hydroxylation sites is 1. The Bertz CT molecular complexity index is 534. The van der Waals surface area contributed by atoms with Gasteiger partial charge >= 0.3 is 5.97 Å². The van der Waals surface area contributed by atoms with Crippen molar-refractivity contribution in [3.8, 4) is 5.75 Å². The highest BCUT2D eigenvalue weighted by Gasteiger charge is 2.29. The first kappa shape index (κ1) is 12.2. The lowest BCUT2D eigenvalue weighted by molar-refractivity contribution is -0.136. The molecule has 0 aromatic heterocycles. The van der Waals surface area contributed by atoms with Crippen LogP contribution in [0.15, 0.2) is 29.8 Å². The van der Waals surface area contributed by atoms with Crippen LogP contribution in [0.4, 0.5) is 0 Å². The number of esters is 1. The number of carbonyl (C=O) groups excluding carboxylic acids is 2. The molecule has 0 fully saturated rings. The molecule has 94 valence electrons. The Labute approximate surface area is 104 Å². The van der Waals surface area contributed by atoms with Crippen LogP contribution in [0, 0.1) is 0 Å². The zero-order valence-electron chi connectivity index (χ0n) is 10.1. The second-order valence-electron chi connectivity index (χ2n) is 3.77. The summed E-state index contributed by atoms with van der Waals surface area (Å²) in [6.07, 6.45) is 0.0278. The van der Waals surface area contributed by atoms with Crippen molar-refractivity contribution >= 4 is 17.6 Å². The molecule has 0 atom stereocenters. The van der Waals surface area contributed by atoms with Gasteiger partial charge in [0.2, 0.25) is 5.91 Å². The minimum atomic E-state index is -0.505. The molecule has 1 amide bonds. The first-order valence-corrected chi connectivity index (χ1v) is 5.42. The first-order chi connectivity index (χ1) is 8.67. The van der Waals surface area contributed by atoms with Crippen molar-refractivity contribution in [2.24, 2.45) is 0 Å². The fourth-order valence-corrected chi connectivity index (χ4v) is 1.89.